The molecule has 0 aromatic carbocycles. The summed E-state index contributed by atoms with van der Waals surface area (Å²) in [6.07, 6.45) is 1.49. The molecule has 0 saturated carbocycles. The van der Waals surface area contributed by atoms with Gasteiger partial charge in [0, 0.05) is 6.42 Å². The van der Waals surface area contributed by atoms with E-state index in [0.29, 0.717) is 17.0 Å². The molecule has 1 amide bonds. The summed E-state index contributed by atoms with van der Waals surface area (Å²) in [5.74, 6) is -2.72. The molecular formula is C12H17N3O5S. The van der Waals surface area contributed by atoms with Crippen molar-refractivity contribution in [3.05, 3.63) is 10.6 Å². The van der Waals surface area contributed by atoms with Crippen LogP contribution in [-0.4, -0.2) is 43.7 Å². The second-order valence-electron chi connectivity index (χ2n) is 4.45. The number of carboxylic acids is 2. The third-order valence-corrected chi connectivity index (χ3v) is 3.50. The highest BCUT2D eigenvalue weighted by Crippen LogP contribution is 2.13. The van der Waals surface area contributed by atoms with Crippen LogP contribution in [0.3, 0.4) is 0 Å². The van der Waals surface area contributed by atoms with E-state index in [2.05, 4.69) is 14.9 Å². The number of nitrogens with one attached hydrogen (secondary N) is 1. The van der Waals surface area contributed by atoms with Gasteiger partial charge >= 0.3 is 11.9 Å². The number of hydrogen-bond acceptors (Lipinski definition) is 6. The van der Waals surface area contributed by atoms with Crippen molar-refractivity contribution in [2.45, 2.75) is 45.1 Å². The van der Waals surface area contributed by atoms with E-state index in [1.807, 2.05) is 6.92 Å². The fourth-order valence-corrected chi connectivity index (χ4v) is 2.33. The Balaban J connectivity index is 2.65. The Bertz CT molecular complexity index is 517. The highest BCUT2D eigenvalue weighted by molar-refractivity contribution is 7.08. The third kappa shape index (κ3) is 5.46. The van der Waals surface area contributed by atoms with Crippen LogP contribution in [0.2, 0.25) is 0 Å². The van der Waals surface area contributed by atoms with Crippen molar-refractivity contribution >= 4 is 29.4 Å². The lowest BCUT2D eigenvalue weighted by Crippen LogP contribution is -2.40. The predicted molar refractivity (Wildman–Crippen MR) is 74.3 cm³/mol. The maximum absolute atomic E-state index is 12.1. The molecule has 1 aromatic heterocycles. The van der Waals surface area contributed by atoms with E-state index < -0.39 is 23.9 Å². The Hall–Kier alpha value is -2.03. The quantitative estimate of drug-likeness (QED) is 0.618. The summed E-state index contributed by atoms with van der Waals surface area (Å²) in [6.45, 7) is 1.94. The molecule has 0 fully saturated rings. The molecule has 21 heavy (non-hydrogen) atoms. The number of carboxylic acid groups (broad SMARTS) is 2. The van der Waals surface area contributed by atoms with Gasteiger partial charge in [-0.15, -0.1) is 5.10 Å². The van der Waals surface area contributed by atoms with Crippen molar-refractivity contribution in [2.24, 2.45) is 0 Å². The molecule has 1 rings (SSSR count). The van der Waals surface area contributed by atoms with Crippen molar-refractivity contribution in [1.82, 2.24) is 14.9 Å². The zero-order valence-corrected chi connectivity index (χ0v) is 12.4. The number of aryl methyl sites for hydroxylation is 1. The molecule has 3 N–H and O–H groups in total. The first-order chi connectivity index (χ1) is 9.95. The van der Waals surface area contributed by atoms with Crippen molar-refractivity contribution < 1.29 is 24.6 Å². The lowest BCUT2D eigenvalue weighted by atomic mass is 10.1. The molecular weight excluding hydrogens is 298 g/mol. The van der Waals surface area contributed by atoms with Gasteiger partial charge in [-0.05, 0) is 30.8 Å². The summed E-state index contributed by atoms with van der Waals surface area (Å²) >= 11 is 0.920. The Morgan fingerprint density at radius 2 is 2.05 bits per heavy atom. The topological polar surface area (TPSA) is 129 Å². The van der Waals surface area contributed by atoms with Crippen molar-refractivity contribution in [3.63, 3.8) is 0 Å². The van der Waals surface area contributed by atoms with Gasteiger partial charge in [-0.25, -0.2) is 4.79 Å². The standard InChI is InChI=1S/C12H17N3O5S/c1-2-4-7-10(21-15-14-7)11(18)13-8(12(19)20)5-3-6-9(16)17/h8H,2-6H2,1H3,(H,13,18)(H,16,17)(H,19,20)/t8-/m1/s1. The highest BCUT2D eigenvalue weighted by Gasteiger charge is 2.23. The molecule has 9 heteroatoms. The van der Waals surface area contributed by atoms with Crippen molar-refractivity contribution in [1.29, 1.82) is 0 Å². The van der Waals surface area contributed by atoms with Gasteiger partial charge in [0.2, 0.25) is 0 Å². The number of hydrogen-bond donors (Lipinski definition) is 3. The number of carbonyl (C=O) groups excluding carboxylic acids is 1. The summed E-state index contributed by atoms with van der Waals surface area (Å²) in [4.78, 5) is 33.9. The van der Waals surface area contributed by atoms with Gasteiger partial charge in [0.05, 0.1) is 5.69 Å². The molecule has 116 valence electrons. The summed E-state index contributed by atoms with van der Waals surface area (Å²) in [5, 5.41) is 23.8. The first kappa shape index (κ1) is 17.0. The lowest BCUT2D eigenvalue weighted by molar-refractivity contribution is -0.140. The van der Waals surface area contributed by atoms with Gasteiger partial charge in [-0.1, -0.05) is 17.8 Å². The minimum atomic E-state index is -1.19. The van der Waals surface area contributed by atoms with E-state index in [-0.39, 0.29) is 19.3 Å². The second kappa shape index (κ2) is 8.30. The fourth-order valence-electron chi connectivity index (χ4n) is 1.72. The normalized spacial score (nSPS) is 11.9. The lowest BCUT2D eigenvalue weighted by Gasteiger charge is -2.13. The highest BCUT2D eigenvalue weighted by atomic mass is 32.1. The predicted octanol–water partition coefficient (Wildman–Crippen LogP) is 0.929. The minimum Gasteiger partial charge on any atom is -0.481 e. The number of amides is 1. The molecule has 0 radical (unpaired) electrons. The van der Waals surface area contributed by atoms with E-state index >= 15 is 0 Å². The van der Waals surface area contributed by atoms with E-state index in [4.69, 9.17) is 10.2 Å². The van der Waals surface area contributed by atoms with E-state index in [9.17, 15) is 14.4 Å². The molecule has 0 bridgehead atoms. The first-order valence-electron chi connectivity index (χ1n) is 6.52. The summed E-state index contributed by atoms with van der Waals surface area (Å²) in [7, 11) is 0. The molecule has 0 aliphatic carbocycles. The Morgan fingerprint density at radius 1 is 1.33 bits per heavy atom. The van der Waals surface area contributed by atoms with Gasteiger partial charge in [0.15, 0.2) is 0 Å². The molecule has 0 aliphatic rings. The fraction of sp³-hybridized carbons (Fsp3) is 0.583. The molecule has 0 saturated heterocycles. The first-order valence-corrected chi connectivity index (χ1v) is 7.29. The molecule has 0 spiro atoms. The van der Waals surface area contributed by atoms with Gasteiger partial charge in [0.1, 0.15) is 10.9 Å². The molecule has 1 heterocycles. The Labute approximate surface area is 125 Å². The number of rotatable bonds is 9. The maximum Gasteiger partial charge on any atom is 0.326 e. The molecule has 1 aromatic rings. The third-order valence-electron chi connectivity index (χ3n) is 2.74. The average molecular weight is 315 g/mol. The van der Waals surface area contributed by atoms with Crippen LogP contribution >= 0.6 is 11.5 Å². The zero-order valence-electron chi connectivity index (χ0n) is 11.5. The van der Waals surface area contributed by atoms with Crippen molar-refractivity contribution in [2.75, 3.05) is 0 Å². The Kier molecular flexibility index (Phi) is 6.73. The zero-order chi connectivity index (χ0) is 15.8. The maximum atomic E-state index is 12.1. The van der Waals surface area contributed by atoms with Gasteiger partial charge in [-0.3, -0.25) is 9.59 Å². The van der Waals surface area contributed by atoms with Crippen LogP contribution < -0.4 is 5.32 Å². The number of aliphatic carboxylic acids is 2. The van der Waals surface area contributed by atoms with Crippen LogP contribution in [0, 0.1) is 0 Å². The van der Waals surface area contributed by atoms with Crippen LogP contribution in [0.15, 0.2) is 0 Å². The van der Waals surface area contributed by atoms with Gasteiger partial charge < -0.3 is 15.5 Å². The van der Waals surface area contributed by atoms with Crippen molar-refractivity contribution in [3.8, 4) is 0 Å². The number of nitrogens with zero attached hydrogens (tertiary/aromatic N) is 2. The van der Waals surface area contributed by atoms with Crippen LogP contribution in [-0.2, 0) is 16.0 Å². The SMILES string of the molecule is CCCc1nnsc1C(=O)N[C@H](CCCC(=O)O)C(=O)O. The molecule has 8 nitrogen and oxygen atoms in total. The average Bonchev–Trinajstić information content (AvgIpc) is 2.85. The minimum absolute atomic E-state index is 0.0583. The van der Waals surface area contributed by atoms with E-state index in [1.165, 1.54) is 0 Å². The van der Waals surface area contributed by atoms with E-state index in [1.54, 1.807) is 0 Å². The van der Waals surface area contributed by atoms with Crippen LogP contribution in [0.25, 0.3) is 0 Å². The van der Waals surface area contributed by atoms with E-state index in [0.717, 1.165) is 18.0 Å². The summed E-state index contributed by atoms with van der Waals surface area (Å²) < 4.78 is 3.71. The van der Waals surface area contributed by atoms with Gasteiger partial charge in [0.25, 0.3) is 5.91 Å². The number of carbonyl (C=O) groups is 3. The van der Waals surface area contributed by atoms with Crippen LogP contribution in [0.4, 0.5) is 0 Å². The summed E-state index contributed by atoms with van der Waals surface area (Å²) in [6, 6.07) is -1.12. The molecule has 1 atom stereocenters. The summed E-state index contributed by atoms with van der Waals surface area (Å²) in [5.41, 5.74) is 0.551. The smallest absolute Gasteiger partial charge is 0.326 e. The van der Waals surface area contributed by atoms with Gasteiger partial charge in [-0.2, -0.15) is 0 Å². The monoisotopic (exact) mass is 315 g/mol. The Morgan fingerprint density at radius 3 is 2.62 bits per heavy atom. The largest absolute Gasteiger partial charge is 0.481 e. The van der Waals surface area contributed by atoms with Crippen LogP contribution in [0.1, 0.15) is 48.0 Å². The molecule has 0 aliphatic heterocycles. The number of aromatic nitrogens is 2. The second-order valence-corrected chi connectivity index (χ2v) is 5.20. The van der Waals surface area contributed by atoms with Crippen LogP contribution in [0.5, 0.6) is 0 Å². The molecule has 0 unspecified atom stereocenters.